The van der Waals surface area contributed by atoms with Crippen LogP contribution >= 0.6 is 0 Å². The first-order chi connectivity index (χ1) is 7.04. The first-order valence-electron chi connectivity index (χ1n) is 4.66. The highest BCUT2D eigenvalue weighted by atomic mass is 16.2. The minimum atomic E-state index is -0.129. The minimum absolute atomic E-state index is 0.0541. The van der Waals surface area contributed by atoms with Crippen molar-refractivity contribution < 1.29 is 4.79 Å². The molecule has 15 heavy (non-hydrogen) atoms. The van der Waals surface area contributed by atoms with Crippen molar-refractivity contribution >= 4 is 11.6 Å². The van der Waals surface area contributed by atoms with E-state index in [0.717, 1.165) is 0 Å². The molecule has 5 heteroatoms. The largest absolute Gasteiger partial charge is 0.324 e. The molecule has 82 valence electrons. The number of hydrogen-bond donors (Lipinski definition) is 2. The minimum Gasteiger partial charge on any atom is -0.324 e. The van der Waals surface area contributed by atoms with E-state index in [2.05, 4.69) is 10.6 Å². The molecule has 0 bridgehead atoms. The zero-order valence-electron chi connectivity index (χ0n) is 9.13. The highest BCUT2D eigenvalue weighted by Gasteiger charge is 2.03. The van der Waals surface area contributed by atoms with E-state index in [1.165, 1.54) is 4.57 Å². The molecule has 5 nitrogen and oxygen atoms in total. The number of aromatic nitrogens is 1. The molecule has 1 rings (SSSR count). The van der Waals surface area contributed by atoms with Gasteiger partial charge < -0.3 is 15.2 Å². The van der Waals surface area contributed by atoms with Crippen LogP contribution in [0.4, 0.5) is 5.69 Å². The maximum atomic E-state index is 11.4. The van der Waals surface area contributed by atoms with Crippen LogP contribution in [0.1, 0.15) is 5.56 Å². The van der Waals surface area contributed by atoms with Crippen molar-refractivity contribution in [3.8, 4) is 0 Å². The molecule has 1 aromatic heterocycles. The molecule has 0 aliphatic rings. The zero-order valence-corrected chi connectivity index (χ0v) is 9.13. The van der Waals surface area contributed by atoms with Crippen molar-refractivity contribution in [2.45, 2.75) is 6.92 Å². The second-order valence-electron chi connectivity index (χ2n) is 3.41. The van der Waals surface area contributed by atoms with Crippen molar-refractivity contribution in [1.82, 2.24) is 9.88 Å². The Morgan fingerprint density at radius 2 is 2.20 bits per heavy atom. The number of anilines is 1. The van der Waals surface area contributed by atoms with Gasteiger partial charge in [0.1, 0.15) is 0 Å². The Labute approximate surface area is 88.1 Å². The summed E-state index contributed by atoms with van der Waals surface area (Å²) in [5, 5.41) is 5.44. The molecule has 1 aromatic rings. The number of likely N-dealkylation sites (N-methyl/N-ethyl adjacent to an activating group) is 1. The van der Waals surface area contributed by atoms with E-state index >= 15 is 0 Å². The average molecular weight is 209 g/mol. The summed E-state index contributed by atoms with van der Waals surface area (Å²) in [6.07, 6.45) is 1.60. The molecule has 1 amide bonds. The first kappa shape index (κ1) is 11.5. The highest BCUT2D eigenvalue weighted by molar-refractivity contribution is 5.92. The quantitative estimate of drug-likeness (QED) is 0.727. The maximum absolute atomic E-state index is 11.4. The molecule has 1 heterocycles. The molecule has 0 spiro atoms. The van der Waals surface area contributed by atoms with Crippen molar-refractivity contribution in [3.63, 3.8) is 0 Å². The van der Waals surface area contributed by atoms with Gasteiger partial charge in [0.15, 0.2) is 0 Å². The number of carbonyl (C=O) groups excluding carboxylic acids is 1. The van der Waals surface area contributed by atoms with Gasteiger partial charge in [0, 0.05) is 18.8 Å². The molecule has 0 saturated heterocycles. The fourth-order valence-electron chi connectivity index (χ4n) is 1.31. The van der Waals surface area contributed by atoms with Crippen LogP contribution in [0.15, 0.2) is 17.1 Å². The number of aryl methyl sites for hydroxylation is 2. The number of pyridine rings is 1. The van der Waals surface area contributed by atoms with Gasteiger partial charge in [-0.25, -0.2) is 0 Å². The van der Waals surface area contributed by atoms with Crippen molar-refractivity contribution in [3.05, 3.63) is 28.2 Å². The summed E-state index contributed by atoms with van der Waals surface area (Å²) in [6.45, 7) is 1.97. The van der Waals surface area contributed by atoms with E-state index in [1.807, 2.05) is 0 Å². The average Bonchev–Trinajstić information content (AvgIpc) is 2.14. The zero-order chi connectivity index (χ0) is 11.4. The fourth-order valence-corrected chi connectivity index (χ4v) is 1.31. The third-order valence-corrected chi connectivity index (χ3v) is 1.98. The molecule has 0 atom stereocenters. The molecule has 2 N–H and O–H groups in total. The molecule has 0 saturated carbocycles. The van der Waals surface area contributed by atoms with Gasteiger partial charge in [0.2, 0.25) is 5.91 Å². The SMILES string of the molecule is CNCC(=O)Nc1cc(C)c(=O)n(C)c1. The molecular formula is C10H15N3O2. The van der Waals surface area contributed by atoms with Crippen LogP contribution in [0.5, 0.6) is 0 Å². The van der Waals surface area contributed by atoms with E-state index in [-0.39, 0.29) is 18.0 Å². The Morgan fingerprint density at radius 1 is 1.53 bits per heavy atom. The Balaban J connectivity index is 2.88. The summed E-state index contributed by atoms with van der Waals surface area (Å²) in [4.78, 5) is 22.6. The van der Waals surface area contributed by atoms with E-state index in [0.29, 0.717) is 11.3 Å². The lowest BCUT2D eigenvalue weighted by Gasteiger charge is -2.07. The lowest BCUT2D eigenvalue weighted by atomic mass is 10.3. The molecule has 0 aliphatic carbocycles. The second kappa shape index (κ2) is 4.75. The number of nitrogens with zero attached hydrogens (tertiary/aromatic N) is 1. The van der Waals surface area contributed by atoms with Gasteiger partial charge in [0.05, 0.1) is 12.2 Å². The van der Waals surface area contributed by atoms with Crippen molar-refractivity contribution in [1.29, 1.82) is 0 Å². The van der Waals surface area contributed by atoms with Gasteiger partial charge in [-0.3, -0.25) is 9.59 Å². The Kier molecular flexibility index (Phi) is 3.62. The summed E-state index contributed by atoms with van der Waals surface area (Å²) >= 11 is 0. The van der Waals surface area contributed by atoms with Crippen molar-refractivity contribution in [2.75, 3.05) is 18.9 Å². The summed E-state index contributed by atoms with van der Waals surface area (Å²) < 4.78 is 1.45. The number of nitrogens with one attached hydrogen (secondary N) is 2. The standard InChI is InChI=1S/C10H15N3O2/c1-7-4-8(6-13(3)10(7)15)12-9(14)5-11-2/h4,6,11H,5H2,1-3H3,(H,12,14). The Hall–Kier alpha value is -1.62. The summed E-state index contributed by atoms with van der Waals surface area (Å²) in [5.41, 5.74) is 1.19. The van der Waals surface area contributed by atoms with Crippen LogP contribution in [0, 0.1) is 6.92 Å². The number of carbonyl (C=O) groups is 1. The van der Waals surface area contributed by atoms with E-state index in [4.69, 9.17) is 0 Å². The van der Waals surface area contributed by atoms with Crippen LogP contribution in [0.3, 0.4) is 0 Å². The number of rotatable bonds is 3. The van der Waals surface area contributed by atoms with E-state index in [9.17, 15) is 9.59 Å². The highest BCUT2D eigenvalue weighted by Crippen LogP contribution is 2.05. The molecule has 0 fully saturated rings. The topological polar surface area (TPSA) is 63.1 Å². The monoisotopic (exact) mass is 209 g/mol. The fraction of sp³-hybridized carbons (Fsp3) is 0.400. The van der Waals surface area contributed by atoms with Crippen molar-refractivity contribution in [2.24, 2.45) is 7.05 Å². The smallest absolute Gasteiger partial charge is 0.253 e. The number of hydrogen-bond acceptors (Lipinski definition) is 3. The maximum Gasteiger partial charge on any atom is 0.253 e. The second-order valence-corrected chi connectivity index (χ2v) is 3.41. The van der Waals surface area contributed by atoms with Gasteiger partial charge in [-0.1, -0.05) is 0 Å². The molecule has 0 unspecified atom stereocenters. The van der Waals surface area contributed by atoms with E-state index in [1.54, 1.807) is 33.3 Å². The summed E-state index contributed by atoms with van der Waals surface area (Å²) in [7, 11) is 3.36. The molecule has 0 radical (unpaired) electrons. The van der Waals surface area contributed by atoms with Gasteiger partial charge >= 0.3 is 0 Å². The molecular weight excluding hydrogens is 194 g/mol. The number of amides is 1. The predicted octanol–water partition coefficient (Wildman–Crippen LogP) is -0.148. The Morgan fingerprint density at radius 3 is 2.73 bits per heavy atom. The normalized spacial score (nSPS) is 10.1. The third-order valence-electron chi connectivity index (χ3n) is 1.98. The van der Waals surface area contributed by atoms with Gasteiger partial charge in [-0.2, -0.15) is 0 Å². The van der Waals surface area contributed by atoms with Crippen LogP contribution in [-0.2, 0) is 11.8 Å². The van der Waals surface area contributed by atoms with Crippen LogP contribution in [-0.4, -0.2) is 24.1 Å². The van der Waals surface area contributed by atoms with Gasteiger partial charge in [-0.15, -0.1) is 0 Å². The summed E-state index contributed by atoms with van der Waals surface area (Å²) in [6, 6.07) is 1.66. The Bertz CT molecular complexity index is 397. The van der Waals surface area contributed by atoms with Gasteiger partial charge in [-0.05, 0) is 20.0 Å². The lowest BCUT2D eigenvalue weighted by Crippen LogP contribution is -2.26. The molecule has 0 aliphatic heterocycles. The van der Waals surface area contributed by atoms with Gasteiger partial charge in [0.25, 0.3) is 5.56 Å². The third kappa shape index (κ3) is 2.92. The van der Waals surface area contributed by atoms with E-state index < -0.39 is 0 Å². The lowest BCUT2D eigenvalue weighted by molar-refractivity contribution is -0.115. The van der Waals surface area contributed by atoms with Crippen LogP contribution < -0.4 is 16.2 Å². The van der Waals surface area contributed by atoms with Crippen LogP contribution in [0.2, 0.25) is 0 Å². The predicted molar refractivity (Wildman–Crippen MR) is 59.0 cm³/mol. The summed E-state index contributed by atoms with van der Waals surface area (Å²) in [5.74, 6) is -0.129. The molecule has 0 aromatic carbocycles. The van der Waals surface area contributed by atoms with Crippen LogP contribution in [0.25, 0.3) is 0 Å². The first-order valence-corrected chi connectivity index (χ1v) is 4.66.